The zero-order valence-electron chi connectivity index (χ0n) is 10.9. The molecule has 0 aliphatic heterocycles. The van der Waals surface area contributed by atoms with Gasteiger partial charge in [0.05, 0.1) is 6.61 Å². The number of nitrogens with zero attached hydrogens (tertiary/aromatic N) is 1. The van der Waals surface area contributed by atoms with E-state index in [0.29, 0.717) is 0 Å². The van der Waals surface area contributed by atoms with Gasteiger partial charge in [-0.05, 0) is 38.6 Å². The second kappa shape index (κ2) is 6.24. The quantitative estimate of drug-likeness (QED) is 0.850. The third kappa shape index (κ3) is 3.35. The van der Waals surface area contributed by atoms with Crippen molar-refractivity contribution < 1.29 is 5.11 Å². The maximum Gasteiger partial charge on any atom is 0.0632 e. The summed E-state index contributed by atoms with van der Waals surface area (Å²) in [5.74, 6) is 0. The van der Waals surface area contributed by atoms with Crippen LogP contribution < -0.4 is 10.2 Å². The molecule has 96 valence electrons. The van der Waals surface area contributed by atoms with E-state index in [2.05, 4.69) is 12.2 Å². The van der Waals surface area contributed by atoms with Gasteiger partial charge in [0.2, 0.25) is 0 Å². The van der Waals surface area contributed by atoms with E-state index in [9.17, 15) is 0 Å². The molecule has 2 unspecified atom stereocenters. The summed E-state index contributed by atoms with van der Waals surface area (Å²) in [7, 11) is 3.86. The second-order valence-electron chi connectivity index (χ2n) is 4.36. The zero-order valence-corrected chi connectivity index (χ0v) is 11.6. The van der Waals surface area contributed by atoms with Crippen molar-refractivity contribution in [2.75, 3.05) is 25.6 Å². The largest absolute Gasteiger partial charge is 0.394 e. The fraction of sp³-hybridized carbons (Fsp3) is 0.538. The molecule has 0 spiro atoms. The second-order valence-corrected chi connectivity index (χ2v) is 4.77. The predicted molar refractivity (Wildman–Crippen MR) is 73.9 cm³/mol. The lowest BCUT2D eigenvalue weighted by atomic mass is 10.1. The number of aliphatic hydroxyl groups is 1. The summed E-state index contributed by atoms with van der Waals surface area (Å²) in [4.78, 5) is 2.01. The molecule has 0 aliphatic rings. The average Bonchev–Trinajstić information content (AvgIpc) is 2.35. The molecule has 1 aromatic rings. The van der Waals surface area contributed by atoms with Gasteiger partial charge in [0.1, 0.15) is 0 Å². The van der Waals surface area contributed by atoms with Crippen LogP contribution >= 0.6 is 11.6 Å². The van der Waals surface area contributed by atoms with E-state index in [1.165, 1.54) is 0 Å². The molecule has 2 N–H and O–H groups in total. The van der Waals surface area contributed by atoms with Crippen LogP contribution in [0.5, 0.6) is 0 Å². The Balaban J connectivity index is 2.96. The van der Waals surface area contributed by atoms with Crippen molar-refractivity contribution in [2.24, 2.45) is 0 Å². The van der Waals surface area contributed by atoms with Gasteiger partial charge in [0.25, 0.3) is 0 Å². The highest BCUT2D eigenvalue weighted by Crippen LogP contribution is 2.28. The van der Waals surface area contributed by atoms with Crippen LogP contribution in [0.15, 0.2) is 18.2 Å². The number of anilines is 1. The smallest absolute Gasteiger partial charge is 0.0632 e. The lowest BCUT2D eigenvalue weighted by Crippen LogP contribution is -2.31. The number of likely N-dealkylation sites (N-methyl/N-ethyl adjacent to an activating group) is 1. The van der Waals surface area contributed by atoms with Gasteiger partial charge >= 0.3 is 0 Å². The number of hydrogen-bond acceptors (Lipinski definition) is 3. The van der Waals surface area contributed by atoms with Crippen LogP contribution in [-0.2, 0) is 0 Å². The van der Waals surface area contributed by atoms with E-state index in [1.54, 1.807) is 0 Å². The fourth-order valence-corrected chi connectivity index (χ4v) is 1.96. The number of nitrogens with one attached hydrogen (secondary N) is 1. The van der Waals surface area contributed by atoms with Crippen molar-refractivity contribution in [2.45, 2.75) is 25.9 Å². The topological polar surface area (TPSA) is 35.5 Å². The van der Waals surface area contributed by atoms with E-state index in [1.807, 2.05) is 44.1 Å². The molecule has 0 heterocycles. The summed E-state index contributed by atoms with van der Waals surface area (Å²) < 4.78 is 0. The van der Waals surface area contributed by atoms with Crippen LogP contribution in [0.4, 0.5) is 5.69 Å². The SMILES string of the molecule is CNC(C)c1ccc(N(C)C(C)CO)cc1Cl. The molecule has 0 aliphatic carbocycles. The number of rotatable bonds is 5. The summed E-state index contributed by atoms with van der Waals surface area (Å²) in [5.41, 5.74) is 2.10. The van der Waals surface area contributed by atoms with Gasteiger partial charge in [-0.3, -0.25) is 0 Å². The Bertz CT molecular complexity index is 370. The third-order valence-electron chi connectivity index (χ3n) is 3.22. The highest BCUT2D eigenvalue weighted by atomic mass is 35.5. The molecule has 0 aromatic heterocycles. The van der Waals surface area contributed by atoms with Crippen molar-refractivity contribution in [1.29, 1.82) is 0 Å². The normalized spacial score (nSPS) is 14.5. The number of aliphatic hydroxyl groups excluding tert-OH is 1. The summed E-state index contributed by atoms with van der Waals surface area (Å²) in [6.45, 7) is 4.17. The summed E-state index contributed by atoms with van der Waals surface area (Å²) >= 11 is 6.27. The first kappa shape index (κ1) is 14.3. The van der Waals surface area contributed by atoms with Crippen molar-refractivity contribution in [3.63, 3.8) is 0 Å². The highest BCUT2D eigenvalue weighted by molar-refractivity contribution is 6.31. The van der Waals surface area contributed by atoms with Crippen LogP contribution in [0, 0.1) is 0 Å². The zero-order chi connectivity index (χ0) is 13.0. The van der Waals surface area contributed by atoms with Crippen LogP contribution in [0.3, 0.4) is 0 Å². The monoisotopic (exact) mass is 256 g/mol. The first-order valence-electron chi connectivity index (χ1n) is 5.81. The van der Waals surface area contributed by atoms with Gasteiger partial charge < -0.3 is 15.3 Å². The molecule has 0 radical (unpaired) electrons. The van der Waals surface area contributed by atoms with Gasteiger partial charge in [-0.2, -0.15) is 0 Å². The minimum absolute atomic E-state index is 0.0821. The van der Waals surface area contributed by atoms with Gasteiger partial charge in [0.15, 0.2) is 0 Å². The van der Waals surface area contributed by atoms with Gasteiger partial charge in [0, 0.05) is 29.8 Å². The average molecular weight is 257 g/mol. The van der Waals surface area contributed by atoms with Gasteiger partial charge in [-0.25, -0.2) is 0 Å². The third-order valence-corrected chi connectivity index (χ3v) is 3.54. The number of benzene rings is 1. The van der Waals surface area contributed by atoms with E-state index in [4.69, 9.17) is 16.7 Å². The van der Waals surface area contributed by atoms with E-state index in [-0.39, 0.29) is 18.7 Å². The first-order valence-corrected chi connectivity index (χ1v) is 6.19. The van der Waals surface area contributed by atoms with Gasteiger partial charge in [-0.15, -0.1) is 0 Å². The lowest BCUT2D eigenvalue weighted by Gasteiger charge is -2.26. The molecule has 3 nitrogen and oxygen atoms in total. The molecule has 1 aromatic carbocycles. The first-order chi connectivity index (χ1) is 8.01. The highest BCUT2D eigenvalue weighted by Gasteiger charge is 2.12. The molecule has 1 rings (SSSR count). The minimum atomic E-state index is 0.0821. The van der Waals surface area contributed by atoms with Crippen molar-refractivity contribution in [1.82, 2.24) is 5.32 Å². The number of hydrogen-bond donors (Lipinski definition) is 2. The molecule has 4 heteroatoms. The van der Waals surface area contributed by atoms with Gasteiger partial charge in [-0.1, -0.05) is 17.7 Å². The fourth-order valence-electron chi connectivity index (χ4n) is 1.62. The van der Waals surface area contributed by atoms with E-state index >= 15 is 0 Å². The van der Waals surface area contributed by atoms with Crippen LogP contribution in [0.25, 0.3) is 0 Å². The molecule has 0 fully saturated rings. The molecule has 0 bridgehead atoms. The minimum Gasteiger partial charge on any atom is -0.394 e. The summed E-state index contributed by atoms with van der Waals surface area (Å²) in [5, 5.41) is 13.0. The maximum absolute atomic E-state index is 9.13. The van der Waals surface area contributed by atoms with Crippen molar-refractivity contribution in [3.05, 3.63) is 28.8 Å². The lowest BCUT2D eigenvalue weighted by molar-refractivity contribution is 0.270. The standard InChI is InChI=1S/C13H21ClN2O/c1-9(8-17)16(4)11-5-6-12(10(2)15-3)13(14)7-11/h5-7,9-10,15,17H,8H2,1-4H3. The van der Waals surface area contributed by atoms with Crippen LogP contribution in [0.2, 0.25) is 5.02 Å². The molecular formula is C13H21ClN2O. The van der Waals surface area contributed by atoms with Crippen LogP contribution in [-0.4, -0.2) is 31.9 Å². The Kier molecular flexibility index (Phi) is 5.25. The molecule has 0 saturated heterocycles. The van der Waals surface area contributed by atoms with E-state index < -0.39 is 0 Å². The van der Waals surface area contributed by atoms with Crippen LogP contribution in [0.1, 0.15) is 25.5 Å². The Hall–Kier alpha value is -0.770. The molecule has 17 heavy (non-hydrogen) atoms. The maximum atomic E-state index is 9.13. The predicted octanol–water partition coefficient (Wildman–Crippen LogP) is 2.44. The number of halogens is 1. The van der Waals surface area contributed by atoms with E-state index in [0.717, 1.165) is 16.3 Å². The summed E-state index contributed by atoms with van der Waals surface area (Å²) in [6.07, 6.45) is 0. The molecule has 2 atom stereocenters. The van der Waals surface area contributed by atoms with Crippen molar-refractivity contribution >= 4 is 17.3 Å². The Morgan fingerprint density at radius 2 is 2.06 bits per heavy atom. The Morgan fingerprint density at radius 3 is 2.53 bits per heavy atom. The van der Waals surface area contributed by atoms with Crippen molar-refractivity contribution in [3.8, 4) is 0 Å². The molecule has 0 saturated carbocycles. The molecular weight excluding hydrogens is 236 g/mol. The summed E-state index contributed by atoms with van der Waals surface area (Å²) in [6, 6.07) is 6.31. The molecule has 0 amide bonds. The Labute approximate surface area is 108 Å². The Morgan fingerprint density at radius 1 is 1.41 bits per heavy atom.